The number of nitrogens with two attached hydrogens (primary N) is 1. The molecule has 0 saturated carbocycles. The summed E-state index contributed by atoms with van der Waals surface area (Å²) in [4.78, 5) is -0.214. The molecule has 19 heavy (non-hydrogen) atoms. The highest BCUT2D eigenvalue weighted by Crippen LogP contribution is 2.23. The molecule has 1 rings (SSSR count). The van der Waals surface area contributed by atoms with Crippen LogP contribution in [0.1, 0.15) is 5.56 Å². The molecule has 0 saturated heterocycles. The van der Waals surface area contributed by atoms with Gasteiger partial charge in [0, 0.05) is 0 Å². The number of rotatable bonds is 6. The van der Waals surface area contributed by atoms with Gasteiger partial charge in [-0.25, -0.2) is 22.3 Å². The molecular formula is C10H11F4NO3S. The third-order valence-electron chi connectivity index (χ3n) is 2.11. The van der Waals surface area contributed by atoms with E-state index < -0.39 is 35.6 Å². The Bertz CT molecular complexity index is 533. The van der Waals surface area contributed by atoms with Crippen LogP contribution in [-0.4, -0.2) is 27.4 Å². The summed E-state index contributed by atoms with van der Waals surface area (Å²) in [7, 11) is -3.92. The summed E-state index contributed by atoms with van der Waals surface area (Å²) in [5, 5.41) is 4.88. The van der Waals surface area contributed by atoms with Gasteiger partial charge in [0.15, 0.2) is 0 Å². The minimum Gasteiger partial charge on any atom is -0.370 e. The highest BCUT2D eigenvalue weighted by molar-refractivity contribution is 7.89. The predicted molar refractivity (Wildman–Crippen MR) is 58.4 cm³/mol. The number of hydrogen-bond acceptors (Lipinski definition) is 3. The van der Waals surface area contributed by atoms with Crippen molar-refractivity contribution in [2.75, 3.05) is 6.61 Å². The Labute approximate surface area is 107 Å². The quantitative estimate of drug-likeness (QED) is 0.814. The van der Waals surface area contributed by atoms with Crippen LogP contribution in [0.3, 0.4) is 0 Å². The molecule has 0 radical (unpaired) electrons. The van der Waals surface area contributed by atoms with E-state index in [2.05, 4.69) is 4.74 Å². The van der Waals surface area contributed by atoms with Crippen LogP contribution in [0.5, 0.6) is 0 Å². The summed E-state index contributed by atoms with van der Waals surface area (Å²) in [6.45, 7) is -1.88. The van der Waals surface area contributed by atoms with Crippen LogP contribution in [0.15, 0.2) is 29.2 Å². The summed E-state index contributed by atoms with van der Waals surface area (Å²) in [5.41, 5.74) is 0.233. The number of hydrogen-bond donors (Lipinski definition) is 1. The highest BCUT2D eigenvalue weighted by Gasteiger charge is 2.40. The number of halogens is 4. The molecule has 0 unspecified atom stereocenters. The molecule has 1 aromatic rings. The molecule has 0 spiro atoms. The Morgan fingerprint density at radius 2 is 1.95 bits per heavy atom. The standard InChI is InChI=1S/C10H11F4NO3S/c11-9(12)10(13,14)6-18-5-7-2-1-3-8(4-7)19(15,16)17/h1-4,9H,5-6H2,(H2,15,16,17). The van der Waals surface area contributed by atoms with Crippen molar-refractivity contribution < 1.29 is 30.7 Å². The van der Waals surface area contributed by atoms with Crippen molar-refractivity contribution >= 4 is 10.0 Å². The van der Waals surface area contributed by atoms with Crippen molar-refractivity contribution in [3.63, 3.8) is 0 Å². The molecule has 0 atom stereocenters. The second-order valence-electron chi connectivity index (χ2n) is 3.75. The van der Waals surface area contributed by atoms with E-state index >= 15 is 0 Å². The van der Waals surface area contributed by atoms with E-state index in [0.29, 0.717) is 0 Å². The van der Waals surface area contributed by atoms with Crippen LogP contribution in [0.4, 0.5) is 17.6 Å². The smallest absolute Gasteiger partial charge is 0.330 e. The van der Waals surface area contributed by atoms with Gasteiger partial charge in [0.1, 0.15) is 6.61 Å². The largest absolute Gasteiger partial charge is 0.370 e. The van der Waals surface area contributed by atoms with Crippen molar-refractivity contribution in [1.82, 2.24) is 0 Å². The SMILES string of the molecule is NS(=O)(=O)c1cccc(COCC(F)(F)C(F)F)c1. The van der Waals surface area contributed by atoms with Crippen LogP contribution >= 0.6 is 0 Å². The minimum absolute atomic E-state index is 0.214. The van der Waals surface area contributed by atoms with Crippen LogP contribution in [0, 0.1) is 0 Å². The topological polar surface area (TPSA) is 69.4 Å². The van der Waals surface area contributed by atoms with Crippen molar-refractivity contribution in [1.29, 1.82) is 0 Å². The fourth-order valence-corrected chi connectivity index (χ4v) is 1.76. The van der Waals surface area contributed by atoms with E-state index in [1.54, 1.807) is 0 Å². The van der Waals surface area contributed by atoms with Gasteiger partial charge in [0.2, 0.25) is 10.0 Å². The zero-order valence-electron chi connectivity index (χ0n) is 9.52. The van der Waals surface area contributed by atoms with Gasteiger partial charge in [-0.2, -0.15) is 8.78 Å². The maximum atomic E-state index is 12.5. The van der Waals surface area contributed by atoms with Crippen LogP contribution in [0.25, 0.3) is 0 Å². The lowest BCUT2D eigenvalue weighted by molar-refractivity contribution is -0.168. The molecule has 0 bridgehead atoms. The third kappa shape index (κ3) is 4.77. The first kappa shape index (κ1) is 15.9. The molecule has 0 aromatic heterocycles. The van der Waals surface area contributed by atoms with E-state index in [1.165, 1.54) is 18.2 Å². The van der Waals surface area contributed by atoms with E-state index in [9.17, 15) is 26.0 Å². The highest BCUT2D eigenvalue weighted by atomic mass is 32.2. The summed E-state index contributed by atoms with van der Waals surface area (Å²) in [5.74, 6) is -4.24. The van der Waals surface area contributed by atoms with E-state index in [-0.39, 0.29) is 10.5 Å². The number of sulfonamides is 1. The Hall–Kier alpha value is -1.19. The maximum Gasteiger partial charge on any atom is 0.330 e. The lowest BCUT2D eigenvalue weighted by atomic mass is 10.2. The zero-order valence-corrected chi connectivity index (χ0v) is 10.3. The van der Waals surface area contributed by atoms with Crippen LogP contribution < -0.4 is 5.14 Å². The van der Waals surface area contributed by atoms with E-state index in [4.69, 9.17) is 5.14 Å². The molecule has 0 aliphatic carbocycles. The average Bonchev–Trinajstić information content (AvgIpc) is 2.28. The number of ether oxygens (including phenoxy) is 1. The number of primary sulfonamides is 1. The normalized spacial score (nSPS) is 12.9. The number of alkyl halides is 4. The molecule has 9 heteroatoms. The molecule has 0 heterocycles. The van der Waals surface area contributed by atoms with Gasteiger partial charge in [-0.1, -0.05) is 12.1 Å². The summed E-state index contributed by atoms with van der Waals surface area (Å²) in [6.07, 6.45) is -3.82. The van der Waals surface area contributed by atoms with Crippen molar-refractivity contribution in [3.8, 4) is 0 Å². The predicted octanol–water partition coefficient (Wildman–Crippen LogP) is 1.75. The summed E-state index contributed by atoms with van der Waals surface area (Å²) in [6, 6.07) is 5.07. The molecule has 0 aliphatic rings. The van der Waals surface area contributed by atoms with Gasteiger partial charge in [0.05, 0.1) is 11.5 Å². The molecule has 108 valence electrons. The molecule has 0 amide bonds. The zero-order chi connectivity index (χ0) is 14.7. The lowest BCUT2D eigenvalue weighted by Gasteiger charge is -2.15. The van der Waals surface area contributed by atoms with Crippen LogP contribution in [0.2, 0.25) is 0 Å². The van der Waals surface area contributed by atoms with Gasteiger partial charge in [-0.15, -0.1) is 0 Å². The third-order valence-corrected chi connectivity index (χ3v) is 3.02. The summed E-state index contributed by atoms with van der Waals surface area (Å²) >= 11 is 0. The van der Waals surface area contributed by atoms with E-state index in [0.717, 1.165) is 6.07 Å². The fraction of sp³-hybridized carbons (Fsp3) is 0.400. The number of benzene rings is 1. The second kappa shape index (κ2) is 5.85. The second-order valence-corrected chi connectivity index (χ2v) is 5.31. The molecular weight excluding hydrogens is 290 g/mol. The van der Waals surface area contributed by atoms with Crippen LogP contribution in [-0.2, 0) is 21.4 Å². The van der Waals surface area contributed by atoms with Gasteiger partial charge in [0.25, 0.3) is 0 Å². The van der Waals surface area contributed by atoms with Gasteiger partial charge in [-0.05, 0) is 17.7 Å². The molecule has 1 aromatic carbocycles. The molecule has 0 aliphatic heterocycles. The van der Waals surface area contributed by atoms with E-state index in [1.807, 2.05) is 0 Å². The minimum atomic E-state index is -4.24. The monoisotopic (exact) mass is 301 g/mol. The van der Waals surface area contributed by atoms with Crippen molar-refractivity contribution in [2.45, 2.75) is 23.9 Å². The van der Waals surface area contributed by atoms with Gasteiger partial charge >= 0.3 is 12.3 Å². The average molecular weight is 301 g/mol. The first-order valence-corrected chi connectivity index (χ1v) is 6.53. The fourth-order valence-electron chi connectivity index (χ4n) is 1.18. The summed E-state index contributed by atoms with van der Waals surface area (Å²) < 4.78 is 75.2. The molecule has 2 N–H and O–H groups in total. The maximum absolute atomic E-state index is 12.5. The Morgan fingerprint density at radius 1 is 1.32 bits per heavy atom. The van der Waals surface area contributed by atoms with Gasteiger partial charge < -0.3 is 4.74 Å². The first-order chi connectivity index (χ1) is 8.63. The lowest BCUT2D eigenvalue weighted by Crippen LogP contribution is -2.32. The van der Waals surface area contributed by atoms with Crippen molar-refractivity contribution in [2.24, 2.45) is 5.14 Å². The first-order valence-electron chi connectivity index (χ1n) is 4.98. The van der Waals surface area contributed by atoms with Gasteiger partial charge in [-0.3, -0.25) is 0 Å². The Kier molecular flexibility index (Phi) is 4.88. The molecule has 0 fully saturated rings. The van der Waals surface area contributed by atoms with Crippen molar-refractivity contribution in [3.05, 3.63) is 29.8 Å². The Morgan fingerprint density at radius 3 is 2.47 bits per heavy atom. The Balaban J connectivity index is 2.65. The molecule has 4 nitrogen and oxygen atoms in total.